The van der Waals surface area contributed by atoms with Crippen LogP contribution in [0.4, 0.5) is 0 Å². The van der Waals surface area contributed by atoms with E-state index in [1.807, 2.05) is 18.6 Å². The number of hydrogen-bond donors (Lipinski definition) is 0. The van der Waals surface area contributed by atoms with Crippen LogP contribution >= 0.6 is 0 Å². The molecule has 140 heavy (non-hydrogen) atoms. The minimum atomic E-state index is -2.24. The molecule has 0 fully saturated rings. The smallest absolute Gasteiger partial charge is 0.188 e. The minimum Gasteiger partial charge on any atom is -0.319 e. The Hall–Kier alpha value is -13.7. The molecule has 696 valence electrons. The summed E-state index contributed by atoms with van der Waals surface area (Å²) in [6.45, 7) is 25.6. The summed E-state index contributed by atoms with van der Waals surface area (Å²) in [6.07, 6.45) is 12.3. The van der Waals surface area contributed by atoms with Crippen LogP contribution in [0.25, 0.3) is 166 Å². The zero-order valence-electron chi connectivity index (χ0n) is 80.0. The van der Waals surface area contributed by atoms with Crippen LogP contribution in [0, 0.1) is 36.4 Å². The van der Waals surface area contributed by atoms with E-state index in [4.69, 9.17) is 15.0 Å². The van der Waals surface area contributed by atoms with Gasteiger partial charge in [-0.3, -0.25) is 0 Å². The zero-order chi connectivity index (χ0) is 93.6. The molecule has 15 aromatic carbocycles. The van der Waals surface area contributed by atoms with E-state index >= 15 is 0 Å². The summed E-state index contributed by atoms with van der Waals surface area (Å²) in [6, 6.07) is 153. The Morgan fingerprint density at radius 1 is 0.264 bits per heavy atom. The van der Waals surface area contributed by atoms with Crippen LogP contribution in [-0.4, -0.2) is 80.3 Å². The molecule has 18 heteroatoms. The summed E-state index contributed by atoms with van der Waals surface area (Å²) in [5, 5.41) is 14.6. The van der Waals surface area contributed by atoms with Crippen molar-refractivity contribution >= 4 is 154 Å². The first-order chi connectivity index (χ1) is 66.6. The van der Waals surface area contributed by atoms with Crippen molar-refractivity contribution in [2.75, 3.05) is 0 Å². The van der Waals surface area contributed by atoms with Crippen LogP contribution in [0.1, 0.15) is 40.7 Å². The van der Waals surface area contributed by atoms with Crippen molar-refractivity contribution in [1.29, 1.82) is 0 Å². The predicted molar refractivity (Wildman–Crippen MR) is 579 cm³/mol. The van der Waals surface area contributed by atoms with Gasteiger partial charge in [0.05, 0.1) is 35.8 Å². The summed E-state index contributed by atoms with van der Waals surface area (Å²) in [5.41, 5.74) is 23.8. The maximum absolute atomic E-state index is 4.89. The van der Waals surface area contributed by atoms with Gasteiger partial charge in [0.2, 0.25) is 0 Å². The molecular weight excluding hydrogens is 2300 g/mol. The third-order valence-electron chi connectivity index (χ3n) is 27.5. The molecule has 0 aliphatic rings. The van der Waals surface area contributed by atoms with Crippen molar-refractivity contribution in [2.24, 2.45) is 7.05 Å². The van der Waals surface area contributed by atoms with Gasteiger partial charge in [0.15, 0.2) is 52.1 Å². The Bertz CT molecular complexity index is 8760. The molecule has 9 aromatic heterocycles. The van der Waals surface area contributed by atoms with Gasteiger partial charge in [0.25, 0.3) is 0 Å². The molecule has 0 unspecified atom stereocenters. The van der Waals surface area contributed by atoms with Gasteiger partial charge in [-0.25, -0.2) is 42.4 Å². The number of para-hydroxylation sites is 9. The van der Waals surface area contributed by atoms with Gasteiger partial charge in [0, 0.05) is 159 Å². The summed E-state index contributed by atoms with van der Waals surface area (Å²) in [5.74, 6) is 2.68. The number of aromatic nitrogens is 12. The maximum Gasteiger partial charge on any atom is 0.188 e. The van der Waals surface area contributed by atoms with Crippen LogP contribution in [0.5, 0.6) is 0 Å². The summed E-state index contributed by atoms with van der Waals surface area (Å²) < 4.78 is 20.5. The van der Waals surface area contributed by atoms with Gasteiger partial charge in [-0.1, -0.05) is 201 Å². The Kier molecular flexibility index (Phi) is 26.4. The van der Waals surface area contributed by atoms with Gasteiger partial charge < -0.3 is 13.7 Å². The number of aryl methyl sites for hydroxylation is 1. The van der Waals surface area contributed by atoms with Gasteiger partial charge in [-0.15, -0.1) is 52.6 Å². The SMILES string of the molecule is CC(C)(C)n1[cH+]n(-c2[c-]c([Si](C)(C)c3[c-]c4c(cc3)c3ccccc3n4-c3cc(-c4ccccc4)ccn3)ccc2)c2ccccc21.CC(C)n1[cH+]n(-c2[c-]c([Si](C)(C)c3[c-]c4c(cc3)c3ccccc3n4-c3cc(-c4ccccc4)ccn3)ccc2)c2ccccc21.Cn1[cH+]n(-c2[c-]c([Si](C)(C)c3[c-]c4c(cc3)c3ccccc3n4-c3cc(-c4ccccc4)ccn3)ccc2)c2ccccc21.[Pt].[Pt].[Pt]. The Morgan fingerprint density at radius 3 is 0.900 bits per heavy atom. The molecule has 0 saturated carbocycles. The van der Waals surface area contributed by atoms with E-state index in [0.717, 1.165) is 84.3 Å². The molecule has 0 aliphatic carbocycles. The number of hydrogen-bond acceptors (Lipinski definition) is 3. The van der Waals surface area contributed by atoms with Crippen molar-refractivity contribution in [3.05, 3.63) is 438 Å². The topological polar surface area (TPSA) is 83.0 Å². The normalized spacial score (nSPS) is 11.9. The molecule has 0 saturated heterocycles. The standard InChI is InChI=1S/C42H37N4Si.C41H35N4Si.C39H31N4Si.3Pt/c1-42(2,3)45-29-44(38-20-11-12-21-39(38)45)32-16-13-17-33(27-32)47(4,5)34-22-23-36-35-18-9-10-19-37(35)46(40(36)28-34)41-26-31(24-25-43-41)30-14-7-6-8-15-30;1-29(2)43-28-44(39-20-11-10-19-38(39)43)32-15-12-16-33(26-32)46(3,4)34-21-22-36-35-17-8-9-18-37(35)45(40(36)27-34)41-25-31(23-24-42-41)30-13-6-5-7-14-30;1-41-27-42(37-19-10-9-18-36(37)41)30-14-11-15-31(25-30)44(2,3)32-20-21-34-33-16-7-8-17-35(33)43(38(34)26-32)39-24-29(22-23-40-39)28-12-5-4-6-13-28;;;/h6-26,29H,1-5H3;5-25,28-29H,1-4H3;4-24,27H,1-3H3;;;/q3*-1;;;. The van der Waals surface area contributed by atoms with E-state index in [2.05, 4.69) is 541 Å². The molecule has 12 nitrogen and oxygen atoms in total. The molecule has 0 bridgehead atoms. The first-order valence-electron chi connectivity index (χ1n) is 47.1. The van der Waals surface area contributed by atoms with Crippen molar-refractivity contribution in [3.63, 3.8) is 0 Å². The van der Waals surface area contributed by atoms with Gasteiger partial charge >= 0.3 is 0 Å². The average Bonchev–Trinajstić information content (AvgIpc) is 1.59. The maximum atomic E-state index is 4.89. The van der Waals surface area contributed by atoms with Gasteiger partial charge in [-0.05, 0) is 175 Å². The second-order valence-electron chi connectivity index (χ2n) is 38.6. The molecule has 0 aliphatic heterocycles. The predicted octanol–water partition coefficient (Wildman–Crippen LogP) is 25.8. The quantitative estimate of drug-likeness (QED) is 0.0714. The Labute approximate surface area is 863 Å². The molecular formula is C122H103N12Pt3Si3-3. The summed E-state index contributed by atoms with van der Waals surface area (Å²) in [7, 11) is -4.56. The van der Waals surface area contributed by atoms with Crippen molar-refractivity contribution in [1.82, 2.24) is 56.1 Å². The average molecular weight is 2410 g/mol. The second kappa shape index (κ2) is 38.8. The number of pyridine rings is 3. The Morgan fingerprint density at radius 2 is 0.550 bits per heavy atom. The third kappa shape index (κ3) is 17.4. The molecule has 24 aromatic rings. The molecule has 0 spiro atoms. The largest absolute Gasteiger partial charge is 0.319 e. The summed E-state index contributed by atoms with van der Waals surface area (Å²) >= 11 is 0. The molecule has 0 radical (unpaired) electrons. The number of fused-ring (bicyclic) bond motifs is 12. The molecule has 0 atom stereocenters. The number of rotatable bonds is 16. The zero-order valence-corrected chi connectivity index (χ0v) is 89.8. The van der Waals surface area contributed by atoms with Crippen LogP contribution in [0.15, 0.2) is 402 Å². The van der Waals surface area contributed by atoms with Gasteiger partial charge in [-0.2, -0.15) is 122 Å². The monoisotopic (exact) mass is 2400 g/mol. The number of imidazole rings is 3. The molecule has 24 rings (SSSR count). The molecule has 9 heterocycles. The van der Waals surface area contributed by atoms with E-state index in [-0.39, 0.29) is 68.7 Å². The molecule has 0 amide bonds. The van der Waals surface area contributed by atoms with E-state index in [9.17, 15) is 0 Å². The fourth-order valence-electron chi connectivity index (χ4n) is 19.9. The summed E-state index contributed by atoms with van der Waals surface area (Å²) in [4.78, 5) is 14.6. The van der Waals surface area contributed by atoms with Crippen molar-refractivity contribution < 1.29 is 63.2 Å². The van der Waals surface area contributed by atoms with Crippen molar-refractivity contribution in [2.45, 2.75) is 85.5 Å². The van der Waals surface area contributed by atoms with Crippen LogP contribution in [0.2, 0.25) is 39.3 Å². The van der Waals surface area contributed by atoms with Crippen molar-refractivity contribution in [3.8, 4) is 67.9 Å². The molecule has 0 N–H and O–H groups in total. The van der Waals surface area contributed by atoms with E-state index in [1.165, 1.54) is 113 Å². The second-order valence-corrected chi connectivity index (χ2v) is 51.5. The first kappa shape index (κ1) is 95.2. The van der Waals surface area contributed by atoms with Crippen LogP contribution in [-0.2, 0) is 75.8 Å². The van der Waals surface area contributed by atoms with Crippen LogP contribution in [0.3, 0.4) is 0 Å². The Balaban J connectivity index is 0.000000132. The van der Waals surface area contributed by atoms with E-state index in [1.54, 1.807) is 0 Å². The number of nitrogens with zero attached hydrogens (tertiary/aromatic N) is 12. The van der Waals surface area contributed by atoms with E-state index < -0.39 is 24.2 Å². The van der Waals surface area contributed by atoms with Crippen LogP contribution < -0.4 is 31.1 Å². The minimum absolute atomic E-state index is 0. The fourth-order valence-corrected chi connectivity index (χ4v) is 26.4. The van der Waals surface area contributed by atoms with E-state index in [0.29, 0.717) is 6.04 Å². The fraction of sp³-hybridized carbons (Fsp3) is 0.115. The van der Waals surface area contributed by atoms with Gasteiger partial charge in [0.1, 0.15) is 17.5 Å². The third-order valence-corrected chi connectivity index (χ3v) is 37.4. The first-order valence-corrected chi connectivity index (χ1v) is 56.1. The number of benzene rings is 15.